The Morgan fingerprint density at radius 3 is 2.00 bits per heavy atom. The number of alkyl halides is 1. The normalized spacial score (nSPS) is 24.1. The Morgan fingerprint density at radius 1 is 0.914 bits per heavy atom. The van der Waals surface area contributed by atoms with Gasteiger partial charge in [0.25, 0.3) is 0 Å². The average molecular weight is 505 g/mol. The van der Waals surface area contributed by atoms with E-state index in [0.29, 0.717) is 0 Å². The minimum Gasteiger partial charge on any atom is -0.470 e. The molecule has 0 unspecified atom stereocenters. The van der Waals surface area contributed by atoms with Crippen molar-refractivity contribution in [3.63, 3.8) is 0 Å². The highest BCUT2D eigenvalue weighted by atomic mass is 35.5. The Morgan fingerprint density at radius 2 is 1.49 bits per heavy atom. The van der Waals surface area contributed by atoms with Crippen molar-refractivity contribution < 1.29 is 38.0 Å². The molecular weight excluding hydrogens is 476 g/mol. The SMILES string of the molecule is C/C=C/O[C@H]1O[C@H](C(=O)OC)[C@@H](OC(=O)CCl)[C@H](OCc2ccccc2)[C@H]1OCc1ccccc1. The fourth-order valence-electron chi connectivity index (χ4n) is 3.59. The molecule has 1 aliphatic heterocycles. The maximum Gasteiger partial charge on any atom is 0.339 e. The number of halogens is 1. The van der Waals surface area contributed by atoms with Crippen LogP contribution in [0.15, 0.2) is 73.0 Å². The largest absolute Gasteiger partial charge is 0.470 e. The van der Waals surface area contributed by atoms with Crippen LogP contribution < -0.4 is 0 Å². The molecule has 0 aromatic heterocycles. The van der Waals surface area contributed by atoms with Gasteiger partial charge in [0.1, 0.15) is 18.1 Å². The summed E-state index contributed by atoms with van der Waals surface area (Å²) in [6.45, 7) is 2.14. The predicted octanol–water partition coefficient (Wildman–Crippen LogP) is 3.76. The second-order valence-electron chi connectivity index (χ2n) is 7.66. The fourth-order valence-corrected chi connectivity index (χ4v) is 3.66. The first-order valence-corrected chi connectivity index (χ1v) is 11.7. The molecule has 35 heavy (non-hydrogen) atoms. The van der Waals surface area contributed by atoms with Gasteiger partial charge in [0.15, 0.2) is 12.2 Å². The number of hydrogen-bond acceptors (Lipinski definition) is 8. The lowest BCUT2D eigenvalue weighted by Gasteiger charge is -2.43. The number of methoxy groups -OCH3 is 1. The third-order valence-corrected chi connectivity index (χ3v) is 5.44. The predicted molar refractivity (Wildman–Crippen MR) is 127 cm³/mol. The van der Waals surface area contributed by atoms with Crippen LogP contribution in [-0.2, 0) is 51.2 Å². The summed E-state index contributed by atoms with van der Waals surface area (Å²) < 4.78 is 34.5. The van der Waals surface area contributed by atoms with Crippen molar-refractivity contribution in [3.05, 3.63) is 84.1 Å². The van der Waals surface area contributed by atoms with Gasteiger partial charge >= 0.3 is 11.9 Å². The summed E-state index contributed by atoms with van der Waals surface area (Å²) in [7, 11) is 1.21. The molecule has 1 fully saturated rings. The second kappa shape index (κ2) is 13.8. The molecule has 0 radical (unpaired) electrons. The molecule has 0 saturated carbocycles. The number of allylic oxidation sites excluding steroid dienone is 1. The molecule has 0 N–H and O–H groups in total. The van der Waals surface area contributed by atoms with Crippen molar-refractivity contribution in [1.82, 2.24) is 0 Å². The zero-order valence-corrected chi connectivity index (χ0v) is 20.3. The zero-order valence-electron chi connectivity index (χ0n) is 19.6. The van der Waals surface area contributed by atoms with E-state index in [4.69, 9.17) is 40.0 Å². The van der Waals surface area contributed by atoms with Crippen LogP contribution in [0.5, 0.6) is 0 Å². The van der Waals surface area contributed by atoms with Crippen LogP contribution in [0, 0.1) is 0 Å². The van der Waals surface area contributed by atoms with Gasteiger partial charge in [-0.15, -0.1) is 11.6 Å². The molecule has 1 heterocycles. The Labute approximate surface area is 209 Å². The highest BCUT2D eigenvalue weighted by Crippen LogP contribution is 2.31. The lowest BCUT2D eigenvalue weighted by Crippen LogP contribution is -2.63. The number of benzene rings is 2. The summed E-state index contributed by atoms with van der Waals surface area (Å²) in [6, 6.07) is 19.0. The quantitative estimate of drug-likeness (QED) is 0.260. The standard InChI is InChI=1S/C26H29ClO8/c1-3-14-31-26-24(33-17-19-12-8-5-9-13-19)21(32-16-18-10-6-4-7-11-18)22(34-20(28)15-27)23(35-26)25(29)30-2/h3-14,21-24,26H,15-17H2,1-2H3/b14-3+/t21-,22-,23-,24+,26-/m0/s1. The van der Waals surface area contributed by atoms with Gasteiger partial charge in [0.05, 0.1) is 26.6 Å². The molecule has 2 aromatic rings. The van der Waals surface area contributed by atoms with Gasteiger partial charge < -0.3 is 28.4 Å². The van der Waals surface area contributed by atoms with Gasteiger partial charge in [-0.25, -0.2) is 4.79 Å². The van der Waals surface area contributed by atoms with Crippen molar-refractivity contribution in [2.24, 2.45) is 0 Å². The van der Waals surface area contributed by atoms with Crippen LogP contribution >= 0.6 is 11.6 Å². The number of hydrogen-bond donors (Lipinski definition) is 0. The highest BCUT2D eigenvalue weighted by Gasteiger charge is 2.53. The Kier molecular flexibility index (Phi) is 10.6. The van der Waals surface area contributed by atoms with Crippen molar-refractivity contribution in [3.8, 4) is 0 Å². The fraction of sp³-hybridized carbons (Fsp3) is 0.385. The molecule has 5 atom stereocenters. The summed E-state index contributed by atoms with van der Waals surface area (Å²) in [4.78, 5) is 24.8. The molecule has 1 aliphatic rings. The van der Waals surface area contributed by atoms with Gasteiger partial charge in [-0.1, -0.05) is 66.7 Å². The molecule has 3 rings (SSSR count). The lowest BCUT2D eigenvalue weighted by atomic mass is 9.97. The van der Waals surface area contributed by atoms with E-state index in [2.05, 4.69) is 0 Å². The average Bonchev–Trinajstić information content (AvgIpc) is 2.90. The molecule has 188 valence electrons. The summed E-state index contributed by atoms with van der Waals surface area (Å²) in [5.74, 6) is -1.90. The van der Waals surface area contributed by atoms with Crippen molar-refractivity contribution in [1.29, 1.82) is 0 Å². The number of esters is 2. The molecule has 9 heteroatoms. The van der Waals surface area contributed by atoms with Crippen LogP contribution in [0.1, 0.15) is 18.1 Å². The van der Waals surface area contributed by atoms with Crippen molar-refractivity contribution in [2.45, 2.75) is 50.8 Å². The van der Waals surface area contributed by atoms with Crippen molar-refractivity contribution in [2.75, 3.05) is 13.0 Å². The van der Waals surface area contributed by atoms with E-state index in [0.717, 1.165) is 11.1 Å². The topological polar surface area (TPSA) is 89.5 Å². The minimum absolute atomic E-state index is 0.163. The highest BCUT2D eigenvalue weighted by molar-refractivity contribution is 6.26. The lowest BCUT2D eigenvalue weighted by molar-refractivity contribution is -0.304. The minimum atomic E-state index is -1.32. The monoisotopic (exact) mass is 504 g/mol. The molecular formula is C26H29ClO8. The van der Waals surface area contributed by atoms with Crippen LogP contribution in [0.2, 0.25) is 0 Å². The first-order valence-electron chi connectivity index (χ1n) is 11.1. The van der Waals surface area contributed by atoms with Crippen LogP contribution in [0.25, 0.3) is 0 Å². The van der Waals surface area contributed by atoms with Crippen molar-refractivity contribution >= 4 is 23.5 Å². The van der Waals surface area contributed by atoms with Gasteiger partial charge in [0.2, 0.25) is 6.29 Å². The first-order chi connectivity index (χ1) is 17.1. The number of rotatable bonds is 11. The van der Waals surface area contributed by atoms with Crippen LogP contribution in [-0.4, -0.2) is 55.6 Å². The van der Waals surface area contributed by atoms with E-state index in [-0.39, 0.29) is 13.2 Å². The molecule has 0 spiro atoms. The zero-order chi connectivity index (χ0) is 25.0. The first kappa shape index (κ1) is 26.7. The Hall–Kier alpha value is -2.91. The maximum atomic E-state index is 12.6. The van der Waals surface area contributed by atoms with Crippen LogP contribution in [0.3, 0.4) is 0 Å². The molecule has 0 bridgehead atoms. The van der Waals surface area contributed by atoms with Gasteiger partial charge in [0, 0.05) is 0 Å². The summed E-state index contributed by atoms with van der Waals surface area (Å²) in [5.41, 5.74) is 1.78. The maximum absolute atomic E-state index is 12.6. The summed E-state index contributed by atoms with van der Waals surface area (Å²) >= 11 is 5.69. The number of ether oxygens (including phenoxy) is 6. The van der Waals surface area contributed by atoms with E-state index in [1.165, 1.54) is 13.4 Å². The number of carbonyl (C=O) groups is 2. The molecule has 8 nitrogen and oxygen atoms in total. The Balaban J connectivity index is 1.95. The molecule has 0 amide bonds. The molecule has 1 saturated heterocycles. The van der Waals surface area contributed by atoms with Gasteiger partial charge in [-0.05, 0) is 18.1 Å². The van der Waals surface area contributed by atoms with E-state index in [1.54, 1.807) is 13.0 Å². The summed E-state index contributed by atoms with van der Waals surface area (Å²) in [5, 5.41) is 0. The Bertz CT molecular complexity index is 952. The van der Waals surface area contributed by atoms with Gasteiger partial charge in [-0.3, -0.25) is 4.79 Å². The third-order valence-electron chi connectivity index (χ3n) is 5.22. The van der Waals surface area contributed by atoms with E-state index in [1.807, 2.05) is 60.7 Å². The van der Waals surface area contributed by atoms with E-state index >= 15 is 0 Å². The van der Waals surface area contributed by atoms with Crippen LogP contribution in [0.4, 0.5) is 0 Å². The molecule has 2 aromatic carbocycles. The molecule has 0 aliphatic carbocycles. The van der Waals surface area contributed by atoms with E-state index in [9.17, 15) is 9.59 Å². The summed E-state index contributed by atoms with van der Waals surface area (Å²) in [6.07, 6.45) is -2.28. The van der Waals surface area contributed by atoms with Gasteiger partial charge in [-0.2, -0.15) is 0 Å². The third kappa shape index (κ3) is 7.53. The number of carbonyl (C=O) groups excluding carboxylic acids is 2. The smallest absolute Gasteiger partial charge is 0.339 e. The van der Waals surface area contributed by atoms with E-state index < -0.39 is 48.5 Å². The second-order valence-corrected chi connectivity index (χ2v) is 7.93.